The van der Waals surface area contributed by atoms with E-state index in [1.807, 2.05) is 25.1 Å². The molecule has 0 aliphatic carbocycles. The van der Waals surface area contributed by atoms with Crippen LogP contribution < -0.4 is 10.1 Å². The summed E-state index contributed by atoms with van der Waals surface area (Å²) >= 11 is 6.06. The number of amides is 1. The van der Waals surface area contributed by atoms with Crippen LogP contribution >= 0.6 is 11.6 Å². The number of nitrogens with zero attached hydrogens (tertiary/aromatic N) is 1. The number of para-hydroxylation sites is 1. The van der Waals surface area contributed by atoms with Crippen LogP contribution in [0.3, 0.4) is 0 Å². The number of nitrogens with one attached hydrogen (secondary N) is 1. The second-order valence-electron chi connectivity index (χ2n) is 5.86. The van der Waals surface area contributed by atoms with E-state index in [1.54, 1.807) is 6.07 Å². The minimum absolute atomic E-state index is 0.0662. The summed E-state index contributed by atoms with van der Waals surface area (Å²) in [5.74, 6) is 3.45. The zero-order valence-corrected chi connectivity index (χ0v) is 14.2. The number of terminal acetylenes is 1. The minimum atomic E-state index is -0.139. The monoisotopic (exact) mass is 334 g/mol. The SMILES string of the molecule is C#CCN1CCC(C(=O)NCC(C)Oc2ccccc2Cl)CC1. The summed E-state index contributed by atoms with van der Waals surface area (Å²) in [7, 11) is 0. The van der Waals surface area contributed by atoms with Gasteiger partial charge in [-0.25, -0.2) is 0 Å². The van der Waals surface area contributed by atoms with Gasteiger partial charge in [0.15, 0.2) is 0 Å². The highest BCUT2D eigenvalue weighted by Gasteiger charge is 2.24. The van der Waals surface area contributed by atoms with Crippen LogP contribution in [-0.2, 0) is 4.79 Å². The van der Waals surface area contributed by atoms with Crippen molar-refractivity contribution in [2.75, 3.05) is 26.2 Å². The van der Waals surface area contributed by atoms with E-state index in [9.17, 15) is 4.79 Å². The fourth-order valence-corrected chi connectivity index (χ4v) is 2.85. The Kier molecular flexibility index (Phi) is 6.76. The second-order valence-corrected chi connectivity index (χ2v) is 6.27. The molecule has 1 aromatic rings. The van der Waals surface area contributed by atoms with Gasteiger partial charge in [-0.3, -0.25) is 9.69 Å². The van der Waals surface area contributed by atoms with Gasteiger partial charge in [0.25, 0.3) is 0 Å². The Morgan fingerprint density at radius 3 is 2.83 bits per heavy atom. The highest BCUT2D eigenvalue weighted by Crippen LogP contribution is 2.24. The number of benzene rings is 1. The molecule has 1 aliphatic heterocycles. The van der Waals surface area contributed by atoms with Crippen LogP contribution in [-0.4, -0.2) is 43.1 Å². The number of likely N-dealkylation sites (tertiary alicyclic amines) is 1. The number of carbonyl (C=O) groups excluding carboxylic acids is 1. The van der Waals surface area contributed by atoms with Crippen LogP contribution in [0.5, 0.6) is 5.75 Å². The van der Waals surface area contributed by atoms with E-state index < -0.39 is 0 Å². The quantitative estimate of drug-likeness (QED) is 0.813. The summed E-state index contributed by atoms with van der Waals surface area (Å²) in [5.41, 5.74) is 0. The van der Waals surface area contributed by atoms with Crippen molar-refractivity contribution in [1.29, 1.82) is 0 Å². The highest BCUT2D eigenvalue weighted by atomic mass is 35.5. The van der Waals surface area contributed by atoms with Crippen LogP contribution in [0.15, 0.2) is 24.3 Å². The molecule has 1 N–H and O–H groups in total. The van der Waals surface area contributed by atoms with Gasteiger partial charge < -0.3 is 10.1 Å². The first-order chi connectivity index (χ1) is 11.1. The van der Waals surface area contributed by atoms with Crippen LogP contribution in [0.25, 0.3) is 0 Å². The maximum absolute atomic E-state index is 12.2. The van der Waals surface area contributed by atoms with Crippen molar-refractivity contribution in [3.8, 4) is 18.1 Å². The summed E-state index contributed by atoms with van der Waals surface area (Å²) in [5, 5.41) is 3.55. The normalized spacial score (nSPS) is 17.3. The summed E-state index contributed by atoms with van der Waals surface area (Å²) in [6.45, 7) is 4.81. The van der Waals surface area contributed by atoms with E-state index >= 15 is 0 Å². The van der Waals surface area contributed by atoms with E-state index in [4.69, 9.17) is 22.8 Å². The number of ether oxygens (including phenoxy) is 1. The van der Waals surface area contributed by atoms with Crippen molar-refractivity contribution in [1.82, 2.24) is 10.2 Å². The molecule has 2 rings (SSSR count). The summed E-state index contributed by atoms with van der Waals surface area (Å²) in [6.07, 6.45) is 6.88. The molecule has 1 saturated heterocycles. The molecule has 0 radical (unpaired) electrons. The molecule has 4 nitrogen and oxygen atoms in total. The molecule has 1 heterocycles. The third-order valence-electron chi connectivity index (χ3n) is 4.00. The number of hydrogen-bond donors (Lipinski definition) is 1. The predicted octanol–water partition coefficient (Wildman–Crippen LogP) is 2.57. The Labute approximate surface area is 143 Å². The van der Waals surface area contributed by atoms with Gasteiger partial charge in [-0.1, -0.05) is 29.7 Å². The Morgan fingerprint density at radius 1 is 1.48 bits per heavy atom. The molecule has 1 amide bonds. The first-order valence-corrected chi connectivity index (χ1v) is 8.32. The zero-order chi connectivity index (χ0) is 16.7. The first kappa shape index (κ1) is 17.7. The second kappa shape index (κ2) is 8.81. The predicted molar refractivity (Wildman–Crippen MR) is 92.5 cm³/mol. The smallest absolute Gasteiger partial charge is 0.223 e. The third kappa shape index (κ3) is 5.46. The van der Waals surface area contributed by atoms with Crippen LogP contribution in [0, 0.1) is 18.3 Å². The van der Waals surface area contributed by atoms with Gasteiger partial charge in [-0.05, 0) is 45.0 Å². The molecule has 0 aromatic heterocycles. The molecule has 5 heteroatoms. The standard InChI is InChI=1S/C18H23ClN2O2/c1-3-10-21-11-8-15(9-12-21)18(22)20-13-14(2)23-17-7-5-4-6-16(17)19/h1,4-7,14-15H,8-13H2,2H3,(H,20,22). The van der Waals surface area contributed by atoms with Gasteiger partial charge in [0.2, 0.25) is 5.91 Å². The number of piperidine rings is 1. The Balaban J connectivity index is 1.72. The van der Waals surface area contributed by atoms with Gasteiger partial charge in [0, 0.05) is 5.92 Å². The Hall–Kier alpha value is -1.70. The molecule has 1 fully saturated rings. The lowest BCUT2D eigenvalue weighted by atomic mass is 9.96. The fourth-order valence-electron chi connectivity index (χ4n) is 2.67. The molecule has 0 saturated carbocycles. The zero-order valence-electron chi connectivity index (χ0n) is 13.4. The van der Waals surface area contributed by atoms with Crippen LogP contribution in [0.4, 0.5) is 0 Å². The fraction of sp³-hybridized carbons (Fsp3) is 0.500. The van der Waals surface area contributed by atoms with Crippen molar-refractivity contribution in [3.05, 3.63) is 29.3 Å². The van der Waals surface area contributed by atoms with Gasteiger partial charge in [0.05, 0.1) is 18.1 Å². The van der Waals surface area contributed by atoms with E-state index in [0.29, 0.717) is 23.9 Å². The van der Waals surface area contributed by atoms with Gasteiger partial charge in [-0.2, -0.15) is 0 Å². The molecule has 23 heavy (non-hydrogen) atoms. The van der Waals surface area contributed by atoms with E-state index in [0.717, 1.165) is 25.9 Å². The van der Waals surface area contributed by atoms with Crippen LogP contribution in [0.1, 0.15) is 19.8 Å². The number of carbonyl (C=O) groups is 1. The third-order valence-corrected chi connectivity index (χ3v) is 4.31. The summed E-state index contributed by atoms with van der Waals surface area (Å²) in [4.78, 5) is 14.4. The van der Waals surface area contributed by atoms with Gasteiger partial charge in [-0.15, -0.1) is 6.42 Å². The van der Waals surface area contributed by atoms with Gasteiger partial charge >= 0.3 is 0 Å². The highest BCUT2D eigenvalue weighted by molar-refractivity contribution is 6.32. The maximum atomic E-state index is 12.2. The molecule has 0 spiro atoms. The van der Waals surface area contributed by atoms with Crippen molar-refractivity contribution in [3.63, 3.8) is 0 Å². The van der Waals surface area contributed by atoms with Crippen molar-refractivity contribution in [2.45, 2.75) is 25.9 Å². The molecule has 1 aromatic carbocycles. The molecular weight excluding hydrogens is 312 g/mol. The van der Waals surface area contributed by atoms with Crippen LogP contribution in [0.2, 0.25) is 5.02 Å². The van der Waals surface area contributed by atoms with E-state index in [-0.39, 0.29) is 17.9 Å². The van der Waals surface area contributed by atoms with E-state index in [2.05, 4.69) is 16.1 Å². The Morgan fingerprint density at radius 2 is 2.17 bits per heavy atom. The maximum Gasteiger partial charge on any atom is 0.223 e. The first-order valence-electron chi connectivity index (χ1n) is 7.95. The Bertz CT molecular complexity index is 562. The summed E-state index contributed by atoms with van der Waals surface area (Å²) in [6, 6.07) is 7.33. The van der Waals surface area contributed by atoms with Crippen molar-refractivity contribution in [2.24, 2.45) is 5.92 Å². The van der Waals surface area contributed by atoms with E-state index in [1.165, 1.54) is 0 Å². The van der Waals surface area contributed by atoms with Crippen molar-refractivity contribution < 1.29 is 9.53 Å². The number of rotatable bonds is 6. The largest absolute Gasteiger partial charge is 0.487 e. The molecule has 1 unspecified atom stereocenters. The molecular formula is C18H23ClN2O2. The molecule has 1 atom stereocenters. The van der Waals surface area contributed by atoms with Crippen molar-refractivity contribution >= 4 is 17.5 Å². The lowest BCUT2D eigenvalue weighted by Crippen LogP contribution is -2.42. The molecule has 1 aliphatic rings. The number of halogens is 1. The number of hydrogen-bond acceptors (Lipinski definition) is 3. The lowest BCUT2D eigenvalue weighted by Gasteiger charge is -2.30. The topological polar surface area (TPSA) is 41.6 Å². The average Bonchev–Trinajstić information content (AvgIpc) is 2.56. The molecule has 0 bridgehead atoms. The average molecular weight is 335 g/mol. The lowest BCUT2D eigenvalue weighted by molar-refractivity contribution is -0.126. The summed E-state index contributed by atoms with van der Waals surface area (Å²) < 4.78 is 5.75. The van der Waals surface area contributed by atoms with Gasteiger partial charge in [0.1, 0.15) is 11.9 Å². The minimum Gasteiger partial charge on any atom is -0.487 e. The molecule has 124 valence electrons.